The summed E-state index contributed by atoms with van der Waals surface area (Å²) in [7, 11) is 1.05. The highest BCUT2D eigenvalue weighted by molar-refractivity contribution is 7.54. The van der Waals surface area contributed by atoms with Gasteiger partial charge in [-0.1, -0.05) is 29.8 Å². The van der Waals surface area contributed by atoms with Gasteiger partial charge in [0.1, 0.15) is 5.75 Å². The maximum atomic E-state index is 13.0. The van der Waals surface area contributed by atoms with Crippen molar-refractivity contribution in [2.75, 3.05) is 26.6 Å². The van der Waals surface area contributed by atoms with Gasteiger partial charge in [-0.05, 0) is 43.2 Å². The number of anilines is 1. The lowest BCUT2D eigenvalue weighted by Gasteiger charge is -2.27. The van der Waals surface area contributed by atoms with Crippen molar-refractivity contribution in [1.29, 1.82) is 0 Å². The summed E-state index contributed by atoms with van der Waals surface area (Å²) < 4.78 is 28.8. The van der Waals surface area contributed by atoms with Crippen LogP contribution < -0.4 is 10.1 Å². The highest BCUT2D eigenvalue weighted by Crippen LogP contribution is 2.59. The fourth-order valence-electron chi connectivity index (χ4n) is 2.51. The number of hydrogen-bond acceptors (Lipinski definition) is 5. The first-order chi connectivity index (χ1) is 11.4. The number of nitrogens with one attached hydrogen (secondary N) is 1. The molecule has 1 atom stereocenters. The normalized spacial score (nSPS) is 12.7. The number of hydrogen-bond donors (Lipinski definition) is 1. The minimum absolute atomic E-state index is 0.610. The Bertz CT molecular complexity index is 722. The Balaban J connectivity index is 2.41. The van der Waals surface area contributed by atoms with Crippen molar-refractivity contribution in [3.63, 3.8) is 0 Å². The van der Waals surface area contributed by atoms with E-state index in [-0.39, 0.29) is 0 Å². The van der Waals surface area contributed by atoms with E-state index in [0.717, 1.165) is 28.1 Å². The molecule has 0 saturated heterocycles. The van der Waals surface area contributed by atoms with Crippen LogP contribution in [-0.2, 0) is 13.6 Å². The van der Waals surface area contributed by atoms with Crippen LogP contribution in [0, 0.1) is 13.8 Å². The first-order valence-electron chi connectivity index (χ1n) is 7.62. The quantitative estimate of drug-likeness (QED) is 0.720. The van der Waals surface area contributed by atoms with Gasteiger partial charge in [0.15, 0.2) is 5.78 Å². The molecule has 0 spiro atoms. The fraction of sp³-hybridized carbons (Fsp3) is 0.333. The maximum Gasteiger partial charge on any atom is 0.356 e. The fourth-order valence-corrected chi connectivity index (χ4v) is 3.92. The van der Waals surface area contributed by atoms with Gasteiger partial charge in [-0.15, -0.1) is 0 Å². The molecular formula is C18H24NO4P. The van der Waals surface area contributed by atoms with E-state index >= 15 is 0 Å². The van der Waals surface area contributed by atoms with E-state index in [9.17, 15) is 4.57 Å². The van der Waals surface area contributed by atoms with E-state index in [1.807, 2.05) is 56.3 Å². The second-order valence-corrected chi connectivity index (χ2v) is 7.87. The Hall–Kier alpha value is -1.81. The van der Waals surface area contributed by atoms with Crippen LogP contribution in [0.25, 0.3) is 0 Å². The molecule has 0 saturated carbocycles. The second-order valence-electron chi connectivity index (χ2n) is 5.55. The molecule has 24 heavy (non-hydrogen) atoms. The third kappa shape index (κ3) is 3.99. The summed E-state index contributed by atoms with van der Waals surface area (Å²) in [4.78, 5) is 0. The summed E-state index contributed by atoms with van der Waals surface area (Å²) in [6.07, 6.45) is 0. The minimum atomic E-state index is -3.37. The van der Waals surface area contributed by atoms with Crippen LogP contribution in [0.5, 0.6) is 5.75 Å². The van der Waals surface area contributed by atoms with Gasteiger partial charge in [0, 0.05) is 19.9 Å². The average molecular weight is 349 g/mol. The van der Waals surface area contributed by atoms with Gasteiger partial charge >= 0.3 is 7.60 Å². The molecule has 1 N–H and O–H groups in total. The molecule has 5 nitrogen and oxygen atoms in total. The predicted octanol–water partition coefficient (Wildman–Crippen LogP) is 4.91. The van der Waals surface area contributed by atoms with Gasteiger partial charge in [-0.3, -0.25) is 4.57 Å². The molecule has 0 bridgehead atoms. The topological polar surface area (TPSA) is 56.8 Å². The van der Waals surface area contributed by atoms with Crippen LogP contribution in [0.1, 0.15) is 22.5 Å². The van der Waals surface area contributed by atoms with Crippen molar-refractivity contribution in [2.24, 2.45) is 0 Å². The summed E-state index contributed by atoms with van der Waals surface area (Å²) in [6.45, 7) is 3.96. The van der Waals surface area contributed by atoms with Crippen LogP contribution >= 0.6 is 7.60 Å². The van der Waals surface area contributed by atoms with E-state index in [4.69, 9.17) is 13.8 Å². The summed E-state index contributed by atoms with van der Waals surface area (Å²) in [5, 5.41) is 3.28. The molecule has 6 heteroatoms. The lowest BCUT2D eigenvalue weighted by atomic mass is 10.1. The van der Waals surface area contributed by atoms with Crippen molar-refractivity contribution < 1.29 is 18.3 Å². The Kier molecular flexibility index (Phi) is 6.05. The summed E-state index contributed by atoms with van der Waals surface area (Å²) >= 11 is 0. The molecular weight excluding hydrogens is 325 g/mol. The molecule has 0 amide bonds. The standard InChI is InChI=1S/C18H24NO4P/c1-13-6-8-15(9-7-13)18(24(20,22-4)23-5)19-16-10-11-17(21-3)14(2)12-16/h6-12,18-19H,1-5H3. The van der Waals surface area contributed by atoms with Crippen LogP contribution in [0.2, 0.25) is 0 Å². The molecule has 0 heterocycles. The molecule has 0 aliphatic heterocycles. The van der Waals surface area contributed by atoms with E-state index in [2.05, 4.69) is 5.32 Å². The van der Waals surface area contributed by atoms with Gasteiger partial charge < -0.3 is 19.1 Å². The third-order valence-corrected chi connectivity index (χ3v) is 5.99. The van der Waals surface area contributed by atoms with E-state index in [0.29, 0.717) is 0 Å². The lowest BCUT2D eigenvalue weighted by molar-refractivity contribution is 0.268. The van der Waals surface area contributed by atoms with Gasteiger partial charge in [-0.25, -0.2) is 0 Å². The summed E-state index contributed by atoms with van der Waals surface area (Å²) in [5.74, 6) is 0.190. The Labute approximate surface area is 143 Å². The predicted molar refractivity (Wildman–Crippen MR) is 96.9 cm³/mol. The zero-order valence-corrected chi connectivity index (χ0v) is 15.6. The first-order valence-corrected chi connectivity index (χ1v) is 9.23. The number of benzene rings is 2. The molecule has 2 aromatic carbocycles. The third-order valence-electron chi connectivity index (χ3n) is 3.92. The number of ether oxygens (including phenoxy) is 1. The van der Waals surface area contributed by atoms with Crippen molar-refractivity contribution in [2.45, 2.75) is 19.6 Å². The molecule has 0 fully saturated rings. The van der Waals surface area contributed by atoms with Crippen molar-refractivity contribution in [3.05, 3.63) is 59.2 Å². The zero-order chi connectivity index (χ0) is 17.7. The molecule has 0 aliphatic carbocycles. The number of rotatable bonds is 7. The molecule has 0 aliphatic rings. The Morgan fingerprint density at radius 2 is 1.58 bits per heavy atom. The SMILES string of the molecule is COc1ccc(NC(c2ccc(C)cc2)P(=O)(OC)OC)cc1C. The lowest BCUT2D eigenvalue weighted by Crippen LogP contribution is -2.13. The number of aryl methyl sites for hydroxylation is 2. The average Bonchev–Trinajstić information content (AvgIpc) is 2.60. The minimum Gasteiger partial charge on any atom is -0.496 e. The zero-order valence-electron chi connectivity index (χ0n) is 14.7. The molecule has 0 radical (unpaired) electrons. The van der Waals surface area contributed by atoms with Crippen molar-refractivity contribution in [1.82, 2.24) is 0 Å². The first kappa shape index (κ1) is 18.5. The summed E-state index contributed by atoms with van der Waals surface area (Å²) in [6, 6.07) is 13.5. The van der Waals surface area contributed by atoms with Gasteiger partial charge in [0.25, 0.3) is 0 Å². The molecule has 130 valence electrons. The van der Waals surface area contributed by atoms with Crippen LogP contribution in [0.3, 0.4) is 0 Å². The van der Waals surface area contributed by atoms with Gasteiger partial charge in [0.05, 0.1) is 7.11 Å². The maximum absolute atomic E-state index is 13.0. The largest absolute Gasteiger partial charge is 0.496 e. The highest BCUT2D eigenvalue weighted by atomic mass is 31.2. The Morgan fingerprint density at radius 1 is 0.958 bits per heavy atom. The van der Waals surface area contributed by atoms with Crippen molar-refractivity contribution in [3.8, 4) is 5.75 Å². The Morgan fingerprint density at radius 3 is 2.08 bits per heavy atom. The number of methoxy groups -OCH3 is 1. The molecule has 1 unspecified atom stereocenters. The van der Waals surface area contributed by atoms with Crippen LogP contribution in [-0.4, -0.2) is 21.3 Å². The second kappa shape index (κ2) is 7.84. The van der Waals surface area contributed by atoms with Crippen molar-refractivity contribution >= 4 is 13.3 Å². The molecule has 2 aromatic rings. The molecule has 2 rings (SSSR count). The van der Waals surface area contributed by atoms with E-state index < -0.39 is 13.4 Å². The molecule has 0 aromatic heterocycles. The van der Waals surface area contributed by atoms with E-state index in [1.165, 1.54) is 14.2 Å². The van der Waals surface area contributed by atoms with Gasteiger partial charge in [-0.2, -0.15) is 0 Å². The summed E-state index contributed by atoms with van der Waals surface area (Å²) in [5.41, 5.74) is 3.76. The van der Waals surface area contributed by atoms with E-state index in [1.54, 1.807) is 7.11 Å². The van der Waals surface area contributed by atoms with Gasteiger partial charge in [0.2, 0.25) is 0 Å². The van der Waals surface area contributed by atoms with Crippen LogP contribution in [0.15, 0.2) is 42.5 Å². The van der Waals surface area contributed by atoms with Crippen LogP contribution in [0.4, 0.5) is 5.69 Å². The monoisotopic (exact) mass is 349 g/mol. The smallest absolute Gasteiger partial charge is 0.356 e. The highest BCUT2D eigenvalue weighted by Gasteiger charge is 2.35.